The standard InChI is InChI=1S/C16H16FNO3/c1-8-2-5-11(7-12(8)17)18-15(19)13-9-3-4-10(6-9)14(13)16(20)21/h2-5,7,9-10,13-14H,6H2,1H3,(H,18,19)(H,20,21)/t9-,10-,13+,14+/m0/s1. The number of anilines is 1. The Kier molecular flexibility index (Phi) is 3.27. The summed E-state index contributed by atoms with van der Waals surface area (Å²) in [5.41, 5.74) is 0.859. The molecular formula is C16H16FNO3. The molecule has 0 spiro atoms. The molecule has 0 heterocycles. The average molecular weight is 289 g/mol. The molecule has 0 unspecified atom stereocenters. The average Bonchev–Trinajstić information content (AvgIpc) is 3.03. The monoisotopic (exact) mass is 289 g/mol. The molecule has 5 heteroatoms. The summed E-state index contributed by atoms with van der Waals surface area (Å²) >= 11 is 0. The molecule has 2 aliphatic carbocycles. The predicted molar refractivity (Wildman–Crippen MR) is 75.1 cm³/mol. The fourth-order valence-corrected chi connectivity index (χ4v) is 3.41. The van der Waals surface area contributed by atoms with Crippen LogP contribution in [-0.2, 0) is 9.59 Å². The predicted octanol–water partition coefficient (Wildman–Crippen LogP) is 2.60. The molecule has 1 fully saturated rings. The van der Waals surface area contributed by atoms with Gasteiger partial charge in [0.2, 0.25) is 5.91 Å². The zero-order valence-corrected chi connectivity index (χ0v) is 11.5. The van der Waals surface area contributed by atoms with Crippen LogP contribution in [0.15, 0.2) is 30.4 Å². The second-order valence-electron chi connectivity index (χ2n) is 5.79. The Morgan fingerprint density at radius 3 is 2.52 bits per heavy atom. The fourth-order valence-electron chi connectivity index (χ4n) is 3.41. The molecule has 1 saturated carbocycles. The number of benzene rings is 1. The maximum atomic E-state index is 13.5. The lowest BCUT2D eigenvalue weighted by atomic mass is 9.82. The van der Waals surface area contributed by atoms with Crippen molar-refractivity contribution in [2.45, 2.75) is 13.3 Å². The number of allylic oxidation sites excluding steroid dienone is 2. The summed E-state index contributed by atoms with van der Waals surface area (Å²) in [4.78, 5) is 23.8. The normalized spacial score (nSPS) is 29.6. The van der Waals surface area contributed by atoms with Crippen LogP contribution in [0.25, 0.3) is 0 Å². The van der Waals surface area contributed by atoms with Gasteiger partial charge in [-0.05, 0) is 42.9 Å². The Morgan fingerprint density at radius 2 is 1.90 bits per heavy atom. The van der Waals surface area contributed by atoms with Crippen molar-refractivity contribution in [1.29, 1.82) is 0 Å². The summed E-state index contributed by atoms with van der Waals surface area (Å²) in [5.74, 6) is -3.05. The van der Waals surface area contributed by atoms with E-state index in [0.717, 1.165) is 0 Å². The van der Waals surface area contributed by atoms with E-state index in [1.807, 2.05) is 12.2 Å². The van der Waals surface area contributed by atoms with Gasteiger partial charge in [0.15, 0.2) is 0 Å². The number of aryl methyl sites for hydroxylation is 1. The zero-order chi connectivity index (χ0) is 15.1. The lowest BCUT2D eigenvalue weighted by molar-refractivity contribution is -0.146. The minimum atomic E-state index is -0.943. The third kappa shape index (κ3) is 2.33. The van der Waals surface area contributed by atoms with Crippen molar-refractivity contribution in [2.75, 3.05) is 5.32 Å². The molecule has 0 aromatic heterocycles. The molecule has 1 amide bonds. The Hall–Kier alpha value is -2.17. The molecule has 0 saturated heterocycles. The number of nitrogens with one attached hydrogen (secondary N) is 1. The minimum Gasteiger partial charge on any atom is -0.481 e. The van der Waals surface area contributed by atoms with Gasteiger partial charge < -0.3 is 10.4 Å². The maximum Gasteiger partial charge on any atom is 0.307 e. The van der Waals surface area contributed by atoms with E-state index < -0.39 is 23.6 Å². The SMILES string of the molecule is Cc1ccc(NC(=O)[C@H]2[C@H](C(=O)O)[C@H]3C=C[C@H]2C3)cc1F. The number of carbonyl (C=O) groups excluding carboxylic acids is 1. The van der Waals surface area contributed by atoms with E-state index in [2.05, 4.69) is 5.32 Å². The molecule has 2 aliphatic rings. The highest BCUT2D eigenvalue weighted by atomic mass is 19.1. The van der Waals surface area contributed by atoms with E-state index in [1.165, 1.54) is 6.07 Å². The van der Waals surface area contributed by atoms with E-state index in [1.54, 1.807) is 19.1 Å². The van der Waals surface area contributed by atoms with Crippen LogP contribution in [0.2, 0.25) is 0 Å². The number of carbonyl (C=O) groups is 2. The zero-order valence-electron chi connectivity index (χ0n) is 11.5. The first kappa shape index (κ1) is 13.8. The van der Waals surface area contributed by atoms with Crippen molar-refractivity contribution in [3.63, 3.8) is 0 Å². The number of halogens is 1. The lowest BCUT2D eigenvalue weighted by Crippen LogP contribution is -2.36. The van der Waals surface area contributed by atoms with Crippen molar-refractivity contribution in [3.05, 3.63) is 41.7 Å². The van der Waals surface area contributed by atoms with Crippen LogP contribution in [0, 0.1) is 36.4 Å². The molecule has 3 rings (SSSR count). The number of hydrogen-bond acceptors (Lipinski definition) is 2. The molecule has 1 aromatic rings. The molecule has 2 bridgehead atoms. The quantitative estimate of drug-likeness (QED) is 0.841. The van der Waals surface area contributed by atoms with E-state index in [0.29, 0.717) is 17.7 Å². The van der Waals surface area contributed by atoms with Gasteiger partial charge in [0.1, 0.15) is 5.82 Å². The number of carboxylic acids is 1. The summed E-state index contributed by atoms with van der Waals surface area (Å²) in [6.45, 7) is 1.64. The van der Waals surface area contributed by atoms with E-state index in [9.17, 15) is 19.1 Å². The minimum absolute atomic E-state index is 0.0357. The fraction of sp³-hybridized carbons (Fsp3) is 0.375. The van der Waals surface area contributed by atoms with Crippen LogP contribution in [-0.4, -0.2) is 17.0 Å². The number of aliphatic carboxylic acids is 1. The van der Waals surface area contributed by atoms with E-state index in [-0.39, 0.29) is 17.7 Å². The van der Waals surface area contributed by atoms with Gasteiger partial charge in [0, 0.05) is 5.69 Å². The van der Waals surface area contributed by atoms with Gasteiger partial charge in [0.05, 0.1) is 11.8 Å². The second-order valence-corrected chi connectivity index (χ2v) is 5.79. The number of amides is 1. The van der Waals surface area contributed by atoms with Crippen LogP contribution in [0.4, 0.5) is 10.1 Å². The van der Waals surface area contributed by atoms with Gasteiger partial charge >= 0.3 is 5.97 Å². The molecule has 4 atom stereocenters. The largest absolute Gasteiger partial charge is 0.481 e. The smallest absolute Gasteiger partial charge is 0.307 e. The highest BCUT2D eigenvalue weighted by Crippen LogP contribution is 2.48. The molecule has 0 radical (unpaired) electrons. The van der Waals surface area contributed by atoms with Gasteiger partial charge in [-0.15, -0.1) is 0 Å². The molecule has 110 valence electrons. The van der Waals surface area contributed by atoms with Gasteiger partial charge in [0.25, 0.3) is 0 Å². The topological polar surface area (TPSA) is 66.4 Å². The van der Waals surface area contributed by atoms with Crippen molar-refractivity contribution in [1.82, 2.24) is 0 Å². The van der Waals surface area contributed by atoms with Crippen molar-refractivity contribution in [2.24, 2.45) is 23.7 Å². The van der Waals surface area contributed by atoms with Crippen LogP contribution < -0.4 is 5.32 Å². The summed E-state index contributed by atoms with van der Waals surface area (Å²) in [6, 6.07) is 4.46. The maximum absolute atomic E-state index is 13.5. The molecule has 21 heavy (non-hydrogen) atoms. The Bertz CT molecular complexity index is 640. The van der Waals surface area contributed by atoms with Crippen molar-refractivity contribution in [3.8, 4) is 0 Å². The molecule has 0 aliphatic heterocycles. The first-order valence-electron chi connectivity index (χ1n) is 6.95. The van der Waals surface area contributed by atoms with Crippen LogP contribution in [0.5, 0.6) is 0 Å². The van der Waals surface area contributed by atoms with Crippen molar-refractivity contribution >= 4 is 17.6 Å². The van der Waals surface area contributed by atoms with Crippen LogP contribution in [0.3, 0.4) is 0 Å². The summed E-state index contributed by atoms with van der Waals surface area (Å²) in [6.07, 6.45) is 4.51. The Balaban J connectivity index is 1.80. The number of carboxylic acid groups (broad SMARTS) is 1. The summed E-state index contributed by atoms with van der Waals surface area (Å²) < 4.78 is 13.5. The first-order chi connectivity index (χ1) is 9.97. The van der Waals surface area contributed by atoms with E-state index in [4.69, 9.17) is 0 Å². The van der Waals surface area contributed by atoms with Gasteiger partial charge in [-0.1, -0.05) is 18.2 Å². The number of hydrogen-bond donors (Lipinski definition) is 2. The highest BCUT2D eigenvalue weighted by Gasteiger charge is 2.51. The molecule has 2 N–H and O–H groups in total. The third-order valence-electron chi connectivity index (χ3n) is 4.49. The highest BCUT2D eigenvalue weighted by molar-refractivity contribution is 5.96. The number of rotatable bonds is 3. The first-order valence-corrected chi connectivity index (χ1v) is 6.95. The molecule has 4 nitrogen and oxygen atoms in total. The second kappa shape index (κ2) is 4.98. The van der Waals surface area contributed by atoms with Gasteiger partial charge in [-0.2, -0.15) is 0 Å². The Labute approximate surface area is 121 Å². The summed E-state index contributed by atoms with van der Waals surface area (Å²) in [7, 11) is 0. The Morgan fingerprint density at radius 1 is 1.24 bits per heavy atom. The van der Waals surface area contributed by atoms with Crippen LogP contribution >= 0.6 is 0 Å². The van der Waals surface area contributed by atoms with Crippen LogP contribution in [0.1, 0.15) is 12.0 Å². The number of fused-ring (bicyclic) bond motifs is 2. The molecular weight excluding hydrogens is 273 g/mol. The van der Waals surface area contributed by atoms with Crippen molar-refractivity contribution < 1.29 is 19.1 Å². The van der Waals surface area contributed by atoms with Gasteiger partial charge in [-0.3, -0.25) is 9.59 Å². The summed E-state index contributed by atoms with van der Waals surface area (Å²) in [5, 5.41) is 12.0. The van der Waals surface area contributed by atoms with E-state index >= 15 is 0 Å². The lowest BCUT2D eigenvalue weighted by Gasteiger charge is -2.23. The third-order valence-corrected chi connectivity index (χ3v) is 4.49. The van der Waals surface area contributed by atoms with Gasteiger partial charge in [-0.25, -0.2) is 4.39 Å². The molecule has 1 aromatic carbocycles.